The Labute approximate surface area is 185 Å². The number of primary amides is 1. The highest BCUT2D eigenvalue weighted by molar-refractivity contribution is 14.0. The third-order valence-corrected chi connectivity index (χ3v) is 6.43. The molecule has 5 N–H and O–H groups in total. The van der Waals surface area contributed by atoms with Crippen LogP contribution in [0.4, 0.5) is 0 Å². The zero-order valence-electron chi connectivity index (χ0n) is 16.7. The number of likely N-dealkylation sites (tertiary alicyclic amines) is 1. The third kappa shape index (κ3) is 9.70. The Morgan fingerprint density at radius 3 is 2.43 bits per heavy atom. The Morgan fingerprint density at radius 2 is 1.89 bits per heavy atom. The summed E-state index contributed by atoms with van der Waals surface area (Å²) in [5.74, 6) is 0.832. The van der Waals surface area contributed by atoms with Gasteiger partial charge >= 0.3 is 0 Å². The average Bonchev–Trinajstić information content (AvgIpc) is 2.54. The molecule has 0 radical (unpaired) electrons. The van der Waals surface area contributed by atoms with Crippen LogP contribution in [0.1, 0.15) is 39.0 Å². The first-order valence-corrected chi connectivity index (χ1v) is 11.6. The summed E-state index contributed by atoms with van der Waals surface area (Å²) in [4.78, 5) is 17.5. The number of piperidine rings is 1. The lowest BCUT2D eigenvalue weighted by molar-refractivity contribution is -0.119. The van der Waals surface area contributed by atoms with Gasteiger partial charge < -0.3 is 16.4 Å². The maximum absolute atomic E-state index is 12.1. The predicted molar refractivity (Wildman–Crippen MR) is 122 cm³/mol. The number of guanidine groups is 1. The molecule has 1 saturated carbocycles. The number of carbonyl (C=O) groups is 1. The van der Waals surface area contributed by atoms with Gasteiger partial charge in [-0.25, -0.2) is 13.1 Å². The minimum atomic E-state index is -3.28. The summed E-state index contributed by atoms with van der Waals surface area (Å²) in [6.45, 7) is 5.36. The van der Waals surface area contributed by atoms with Gasteiger partial charge in [-0.05, 0) is 38.5 Å². The van der Waals surface area contributed by atoms with E-state index in [4.69, 9.17) is 5.73 Å². The number of nitrogens with two attached hydrogens (primary N) is 1. The van der Waals surface area contributed by atoms with E-state index in [2.05, 4.69) is 20.3 Å². The first-order chi connectivity index (χ1) is 12.9. The van der Waals surface area contributed by atoms with Crippen molar-refractivity contribution in [3.63, 3.8) is 0 Å². The maximum atomic E-state index is 12.1. The number of amides is 1. The van der Waals surface area contributed by atoms with E-state index in [1.54, 1.807) is 0 Å². The van der Waals surface area contributed by atoms with E-state index in [-0.39, 0.29) is 48.2 Å². The molecule has 164 valence electrons. The number of sulfonamides is 1. The second kappa shape index (κ2) is 12.8. The summed E-state index contributed by atoms with van der Waals surface area (Å²) in [6.07, 6.45) is 5.22. The van der Waals surface area contributed by atoms with Gasteiger partial charge in [0.15, 0.2) is 5.96 Å². The molecule has 2 aliphatic rings. The van der Waals surface area contributed by atoms with E-state index in [0.717, 1.165) is 38.8 Å². The van der Waals surface area contributed by atoms with E-state index in [0.29, 0.717) is 31.5 Å². The van der Waals surface area contributed by atoms with Crippen molar-refractivity contribution in [1.29, 1.82) is 0 Å². The molecule has 1 aliphatic carbocycles. The number of nitrogens with one attached hydrogen (secondary N) is 3. The van der Waals surface area contributed by atoms with Crippen molar-refractivity contribution in [2.45, 2.75) is 45.1 Å². The van der Waals surface area contributed by atoms with Crippen LogP contribution in [0.15, 0.2) is 4.99 Å². The fraction of sp³-hybridized carbons (Fsp3) is 0.882. The third-order valence-electron chi connectivity index (χ3n) is 5.10. The van der Waals surface area contributed by atoms with Crippen LogP contribution in [0.3, 0.4) is 0 Å². The van der Waals surface area contributed by atoms with Crippen molar-refractivity contribution >= 4 is 45.9 Å². The van der Waals surface area contributed by atoms with E-state index in [9.17, 15) is 13.2 Å². The van der Waals surface area contributed by atoms with Crippen molar-refractivity contribution in [3.8, 4) is 0 Å². The van der Waals surface area contributed by atoms with Gasteiger partial charge in [-0.3, -0.25) is 14.7 Å². The summed E-state index contributed by atoms with van der Waals surface area (Å²) >= 11 is 0. The molecular formula is C17H35IN6O3S. The number of rotatable bonds is 10. The van der Waals surface area contributed by atoms with Crippen LogP contribution in [0.2, 0.25) is 0 Å². The highest BCUT2D eigenvalue weighted by atomic mass is 127. The molecule has 9 nitrogen and oxygen atoms in total. The second-order valence-corrected chi connectivity index (χ2v) is 9.31. The molecular weight excluding hydrogens is 495 g/mol. The highest BCUT2D eigenvalue weighted by Gasteiger charge is 2.22. The van der Waals surface area contributed by atoms with Gasteiger partial charge in [0.2, 0.25) is 15.9 Å². The lowest BCUT2D eigenvalue weighted by Gasteiger charge is -2.32. The van der Waals surface area contributed by atoms with Gasteiger partial charge in [0, 0.05) is 32.2 Å². The Hall–Kier alpha value is -0.660. The quantitative estimate of drug-likeness (QED) is 0.176. The minimum absolute atomic E-state index is 0. The Morgan fingerprint density at radius 1 is 1.21 bits per heavy atom. The number of hydrogen-bond acceptors (Lipinski definition) is 5. The van der Waals surface area contributed by atoms with Gasteiger partial charge in [0.1, 0.15) is 0 Å². The summed E-state index contributed by atoms with van der Waals surface area (Å²) < 4.78 is 26.8. The van der Waals surface area contributed by atoms with Crippen LogP contribution in [0, 0.1) is 5.92 Å². The van der Waals surface area contributed by atoms with E-state index < -0.39 is 10.0 Å². The van der Waals surface area contributed by atoms with Crippen molar-refractivity contribution in [2.24, 2.45) is 16.6 Å². The normalized spacial score (nSPS) is 19.5. The van der Waals surface area contributed by atoms with Crippen LogP contribution in [0.25, 0.3) is 0 Å². The largest absolute Gasteiger partial charge is 0.369 e. The average molecular weight is 530 g/mol. The van der Waals surface area contributed by atoms with Gasteiger partial charge in [-0.1, -0.05) is 6.42 Å². The van der Waals surface area contributed by atoms with E-state index >= 15 is 0 Å². The van der Waals surface area contributed by atoms with Gasteiger partial charge in [-0.2, -0.15) is 0 Å². The van der Waals surface area contributed by atoms with Crippen LogP contribution >= 0.6 is 24.0 Å². The predicted octanol–water partition coefficient (Wildman–Crippen LogP) is -0.171. The first kappa shape index (κ1) is 25.4. The van der Waals surface area contributed by atoms with Gasteiger partial charge in [-0.15, -0.1) is 24.0 Å². The number of halogens is 1. The molecule has 2 fully saturated rings. The van der Waals surface area contributed by atoms with Gasteiger partial charge in [0.25, 0.3) is 0 Å². The molecule has 0 aromatic heterocycles. The van der Waals surface area contributed by atoms with Crippen molar-refractivity contribution in [2.75, 3.05) is 45.0 Å². The molecule has 1 saturated heterocycles. The molecule has 11 heteroatoms. The van der Waals surface area contributed by atoms with Crippen LogP contribution in [-0.4, -0.2) is 76.2 Å². The molecule has 28 heavy (non-hydrogen) atoms. The summed E-state index contributed by atoms with van der Waals surface area (Å²) in [7, 11) is -3.28. The highest BCUT2D eigenvalue weighted by Crippen LogP contribution is 2.25. The summed E-state index contributed by atoms with van der Waals surface area (Å²) in [5, 5.41) is 6.53. The lowest BCUT2D eigenvalue weighted by Crippen LogP contribution is -2.50. The smallest absolute Gasteiger partial charge is 0.231 e. The molecule has 0 aromatic rings. The lowest BCUT2D eigenvalue weighted by atomic mass is 9.86. The van der Waals surface area contributed by atoms with Gasteiger partial charge in [0.05, 0.1) is 18.8 Å². The Kier molecular flexibility index (Phi) is 11.6. The molecule has 2 rings (SSSR count). The topological polar surface area (TPSA) is 129 Å². The molecule has 1 amide bonds. The molecule has 1 heterocycles. The molecule has 0 unspecified atom stereocenters. The van der Waals surface area contributed by atoms with Crippen molar-refractivity contribution in [1.82, 2.24) is 20.3 Å². The number of hydrogen-bond donors (Lipinski definition) is 4. The zero-order chi connectivity index (χ0) is 19.7. The maximum Gasteiger partial charge on any atom is 0.231 e. The molecule has 0 spiro atoms. The molecule has 1 aliphatic heterocycles. The summed E-state index contributed by atoms with van der Waals surface area (Å²) in [5.41, 5.74) is 5.24. The molecule has 0 bridgehead atoms. The second-order valence-electron chi connectivity index (χ2n) is 7.39. The number of nitrogens with zero attached hydrogens (tertiary/aromatic N) is 2. The number of aliphatic imine (C=N–C) groups is 1. The van der Waals surface area contributed by atoms with Crippen LogP contribution in [0.5, 0.6) is 0 Å². The number of carbonyl (C=O) groups excluding carboxylic acids is 1. The van der Waals surface area contributed by atoms with E-state index in [1.807, 2.05) is 11.8 Å². The molecule has 0 aromatic carbocycles. The van der Waals surface area contributed by atoms with E-state index in [1.165, 1.54) is 6.42 Å². The standard InChI is InChI=1S/C17H34N6O3S.HI/c1-2-19-17(22-15-6-9-23(10-7-15)13-16(18)24)20-8-11-27(25,26)21-12-14-4-3-5-14;/h14-15,21H,2-13H2,1H3,(H2,18,24)(H2,19,20,22);1H. The SMILES string of the molecule is CCNC(=NCCS(=O)(=O)NCC1CCC1)NC1CCN(CC(N)=O)CC1.I. The first-order valence-electron chi connectivity index (χ1n) is 9.91. The van der Waals surface area contributed by atoms with Crippen LogP contribution < -0.4 is 21.1 Å². The Balaban J connectivity index is 0.00000392. The minimum Gasteiger partial charge on any atom is -0.369 e. The summed E-state index contributed by atoms with van der Waals surface area (Å²) in [6, 6.07) is 0.250. The van der Waals surface area contributed by atoms with Crippen molar-refractivity contribution < 1.29 is 13.2 Å². The monoisotopic (exact) mass is 530 g/mol. The molecule has 0 atom stereocenters. The fourth-order valence-corrected chi connectivity index (χ4v) is 4.23. The zero-order valence-corrected chi connectivity index (χ0v) is 19.8. The Bertz CT molecular complexity index is 604. The van der Waals surface area contributed by atoms with Crippen molar-refractivity contribution in [3.05, 3.63) is 0 Å². The van der Waals surface area contributed by atoms with Crippen LogP contribution in [-0.2, 0) is 14.8 Å². The fourth-order valence-electron chi connectivity index (χ4n) is 3.26.